The van der Waals surface area contributed by atoms with Gasteiger partial charge in [0.2, 0.25) is 5.91 Å². The van der Waals surface area contributed by atoms with Crippen molar-refractivity contribution in [2.75, 3.05) is 19.6 Å². The summed E-state index contributed by atoms with van der Waals surface area (Å²) < 4.78 is 31.2. The summed E-state index contributed by atoms with van der Waals surface area (Å²) in [5, 5.41) is 2.87. The van der Waals surface area contributed by atoms with Crippen molar-refractivity contribution in [3.8, 4) is 11.3 Å². The van der Waals surface area contributed by atoms with Crippen LogP contribution in [0.25, 0.3) is 26.4 Å². The maximum Gasteiger partial charge on any atom is 0.220 e. The van der Waals surface area contributed by atoms with Gasteiger partial charge in [0.15, 0.2) is 10.7 Å². The number of carbonyl (C=O) groups is 2. The Morgan fingerprint density at radius 1 is 1.11 bits per heavy atom. The summed E-state index contributed by atoms with van der Waals surface area (Å²) in [4.78, 5) is 32.0. The smallest absolute Gasteiger partial charge is 0.220 e. The van der Waals surface area contributed by atoms with E-state index in [0.717, 1.165) is 53.2 Å². The Bertz CT molecular complexity index is 1510. The number of likely N-dealkylation sites (tertiary alicyclic amines) is 1. The zero-order valence-corrected chi connectivity index (χ0v) is 21.9. The van der Waals surface area contributed by atoms with Gasteiger partial charge in [-0.2, -0.15) is 0 Å². The average molecular weight is 537 g/mol. The molecule has 0 aliphatic carbocycles. The average Bonchev–Trinajstić information content (AvgIpc) is 3.61. The van der Waals surface area contributed by atoms with Gasteiger partial charge >= 0.3 is 0 Å². The van der Waals surface area contributed by atoms with Crippen molar-refractivity contribution in [1.82, 2.24) is 19.6 Å². The largest absolute Gasteiger partial charge is 0.349 e. The van der Waals surface area contributed by atoms with Gasteiger partial charge in [0.05, 0.1) is 22.0 Å². The number of carbonyl (C=O) groups excluding carboxylic acids is 2. The molecule has 0 unspecified atom stereocenters. The van der Waals surface area contributed by atoms with E-state index in [1.165, 1.54) is 17.4 Å². The second-order valence-electron chi connectivity index (χ2n) is 10.4. The molecular formula is C29H30F2N4O2S. The lowest BCUT2D eigenvalue weighted by atomic mass is 10.0. The van der Waals surface area contributed by atoms with Gasteiger partial charge in [0.25, 0.3) is 0 Å². The standard InChI is InChI=1S/C29H30F2N4O2S/c30-20-10-13-34(14-11-20)12-2-1-3-26(36)19-5-8-25-27(16-19)38-29-33-24(17-35(25)29)21-6-4-18(15-22(21)31)23-7-9-28(37)32-23/h4-6,8,15-17,20,23H,1-3,7,9-14H2,(H,32,37)/t23-/m1/s1. The van der Waals surface area contributed by atoms with Crippen LogP contribution in [0, 0.1) is 5.82 Å². The van der Waals surface area contributed by atoms with Crippen molar-refractivity contribution in [3.05, 3.63) is 59.5 Å². The zero-order chi connectivity index (χ0) is 26.2. The number of nitrogens with zero attached hydrogens (tertiary/aromatic N) is 3. The second-order valence-corrected chi connectivity index (χ2v) is 11.4. The summed E-state index contributed by atoms with van der Waals surface area (Å²) in [6, 6.07) is 10.6. The molecule has 0 bridgehead atoms. The molecule has 4 aromatic rings. The molecule has 2 aliphatic heterocycles. The lowest BCUT2D eigenvalue weighted by molar-refractivity contribution is -0.119. The fraction of sp³-hybridized carbons (Fsp3) is 0.414. The number of fused-ring (bicyclic) bond motifs is 3. The van der Waals surface area contributed by atoms with Gasteiger partial charge in [-0.15, -0.1) is 0 Å². The number of Topliss-reactive ketones (excluding diaryl/α,β-unsaturated/α-hetero) is 1. The minimum atomic E-state index is -0.657. The molecule has 2 aromatic carbocycles. The molecule has 0 radical (unpaired) electrons. The van der Waals surface area contributed by atoms with Crippen molar-refractivity contribution in [2.24, 2.45) is 0 Å². The van der Waals surface area contributed by atoms with Crippen molar-refractivity contribution < 1.29 is 18.4 Å². The van der Waals surface area contributed by atoms with Crippen LogP contribution in [0.3, 0.4) is 0 Å². The number of thiazole rings is 1. The van der Waals surface area contributed by atoms with Gasteiger partial charge < -0.3 is 10.2 Å². The van der Waals surface area contributed by atoms with Crippen LogP contribution >= 0.6 is 11.3 Å². The Hall–Kier alpha value is -3.17. The third-order valence-corrected chi connectivity index (χ3v) is 8.75. The fourth-order valence-electron chi connectivity index (χ4n) is 5.51. The molecule has 0 saturated carbocycles. The van der Waals surface area contributed by atoms with E-state index >= 15 is 4.39 Å². The Morgan fingerprint density at radius 3 is 2.71 bits per heavy atom. The highest BCUT2D eigenvalue weighted by atomic mass is 32.1. The molecule has 6 nitrogen and oxygen atoms in total. The molecule has 9 heteroatoms. The van der Waals surface area contributed by atoms with Crippen molar-refractivity contribution in [2.45, 2.75) is 57.2 Å². The van der Waals surface area contributed by atoms with Crippen molar-refractivity contribution in [1.29, 1.82) is 0 Å². The molecule has 198 valence electrons. The topological polar surface area (TPSA) is 66.7 Å². The maximum atomic E-state index is 15.0. The third-order valence-electron chi connectivity index (χ3n) is 7.73. The normalized spacial score (nSPS) is 19.0. The van der Waals surface area contributed by atoms with E-state index in [-0.39, 0.29) is 23.5 Å². The van der Waals surface area contributed by atoms with Crippen molar-refractivity contribution in [3.63, 3.8) is 0 Å². The number of halogens is 2. The molecule has 2 aromatic heterocycles. The first kappa shape index (κ1) is 25.1. The van der Waals surface area contributed by atoms with E-state index in [2.05, 4.69) is 15.2 Å². The first-order valence-electron chi connectivity index (χ1n) is 13.3. The minimum Gasteiger partial charge on any atom is -0.349 e. The number of hydrogen-bond acceptors (Lipinski definition) is 5. The van der Waals surface area contributed by atoms with E-state index in [9.17, 15) is 14.0 Å². The quantitative estimate of drug-likeness (QED) is 0.219. The van der Waals surface area contributed by atoms with Crippen LogP contribution in [-0.2, 0) is 4.79 Å². The van der Waals surface area contributed by atoms with Gasteiger partial charge in [-0.25, -0.2) is 13.8 Å². The Balaban J connectivity index is 1.12. The van der Waals surface area contributed by atoms with Gasteiger partial charge in [-0.1, -0.05) is 17.4 Å². The number of benzene rings is 2. The lowest BCUT2D eigenvalue weighted by Crippen LogP contribution is -2.35. The number of imidazole rings is 1. The van der Waals surface area contributed by atoms with Crippen molar-refractivity contribution >= 4 is 38.2 Å². The number of rotatable bonds is 8. The fourth-order valence-corrected chi connectivity index (χ4v) is 6.56. The molecule has 38 heavy (non-hydrogen) atoms. The minimum absolute atomic E-state index is 0.00289. The summed E-state index contributed by atoms with van der Waals surface area (Å²) in [5.74, 6) is -0.239. The number of alkyl halides is 1. The number of amides is 1. The number of aromatic nitrogens is 2. The van der Waals surface area contributed by atoms with Gasteiger partial charge in [0.1, 0.15) is 12.0 Å². The summed E-state index contributed by atoms with van der Waals surface area (Å²) in [7, 11) is 0. The maximum absolute atomic E-state index is 15.0. The number of unbranched alkanes of at least 4 members (excludes halogenated alkanes) is 1. The molecular weight excluding hydrogens is 506 g/mol. The Morgan fingerprint density at radius 2 is 1.95 bits per heavy atom. The number of ketones is 1. The molecule has 0 spiro atoms. The number of piperidine rings is 1. The third kappa shape index (κ3) is 5.09. The molecule has 1 amide bonds. The highest BCUT2D eigenvalue weighted by Gasteiger charge is 2.24. The van der Waals surface area contributed by atoms with E-state index in [1.54, 1.807) is 6.07 Å². The monoisotopic (exact) mass is 536 g/mol. The molecule has 6 rings (SSSR count). The molecule has 4 heterocycles. The zero-order valence-electron chi connectivity index (χ0n) is 21.1. The first-order chi connectivity index (χ1) is 18.4. The Kier molecular flexibility index (Phi) is 6.97. The molecule has 2 fully saturated rings. The van der Waals surface area contributed by atoms with Crippen LogP contribution in [0.2, 0.25) is 0 Å². The highest BCUT2D eigenvalue weighted by molar-refractivity contribution is 7.23. The van der Waals surface area contributed by atoms with Gasteiger partial charge in [0, 0.05) is 43.3 Å². The summed E-state index contributed by atoms with van der Waals surface area (Å²) in [5.41, 5.74) is 3.36. The van der Waals surface area contributed by atoms with E-state index in [4.69, 9.17) is 0 Å². The highest BCUT2D eigenvalue weighted by Crippen LogP contribution is 2.33. The summed E-state index contributed by atoms with van der Waals surface area (Å²) in [6.45, 7) is 2.54. The number of hydrogen-bond donors (Lipinski definition) is 1. The molecule has 1 atom stereocenters. The SMILES string of the molecule is O=C1CC[C@H](c2ccc(-c3cn4c(n3)sc3cc(C(=O)CCCCN5CCC(F)CC5)ccc34)c(F)c2)N1. The van der Waals surface area contributed by atoms with Gasteiger partial charge in [-0.05, 0) is 74.5 Å². The molecule has 2 saturated heterocycles. The molecule has 2 aliphatic rings. The summed E-state index contributed by atoms with van der Waals surface area (Å²) >= 11 is 1.48. The lowest BCUT2D eigenvalue weighted by Gasteiger charge is -2.28. The van der Waals surface area contributed by atoms with Crippen LogP contribution in [0.1, 0.15) is 66.9 Å². The van der Waals surface area contributed by atoms with E-state index in [0.29, 0.717) is 48.9 Å². The van der Waals surface area contributed by atoms with Crippen LogP contribution in [0.5, 0.6) is 0 Å². The predicted molar refractivity (Wildman–Crippen MR) is 145 cm³/mol. The number of nitrogens with one attached hydrogen (secondary N) is 1. The predicted octanol–water partition coefficient (Wildman–Crippen LogP) is 6.09. The van der Waals surface area contributed by atoms with Crippen LogP contribution < -0.4 is 5.32 Å². The molecule has 1 N–H and O–H groups in total. The van der Waals surface area contributed by atoms with E-state index < -0.39 is 6.17 Å². The van der Waals surface area contributed by atoms with Crippen LogP contribution in [-0.4, -0.2) is 51.8 Å². The van der Waals surface area contributed by atoms with Crippen LogP contribution in [0.15, 0.2) is 42.6 Å². The summed E-state index contributed by atoms with van der Waals surface area (Å²) in [6.07, 6.45) is 5.81. The van der Waals surface area contributed by atoms with Gasteiger partial charge in [-0.3, -0.25) is 14.0 Å². The second kappa shape index (κ2) is 10.5. The Labute approximate surface area is 223 Å². The van der Waals surface area contributed by atoms with E-state index in [1.807, 2.05) is 34.9 Å². The first-order valence-corrected chi connectivity index (χ1v) is 14.2. The van der Waals surface area contributed by atoms with Crippen LogP contribution in [0.4, 0.5) is 8.78 Å².